The van der Waals surface area contributed by atoms with Crippen LogP contribution in [-0.2, 0) is 16.4 Å². The van der Waals surface area contributed by atoms with Gasteiger partial charge in [0.05, 0.1) is 34.7 Å². The zero-order chi connectivity index (χ0) is 26.6. The van der Waals surface area contributed by atoms with Crippen molar-refractivity contribution in [3.05, 3.63) is 42.0 Å². The van der Waals surface area contributed by atoms with E-state index in [-0.39, 0.29) is 0 Å². The molecule has 200 valence electrons. The van der Waals surface area contributed by atoms with Crippen LogP contribution in [0.5, 0.6) is 23.0 Å². The maximum atomic E-state index is 12.7. The number of nitrogens with one attached hydrogen (secondary N) is 3. The lowest BCUT2D eigenvalue weighted by Gasteiger charge is -2.24. The molecule has 0 aliphatic rings. The number of methoxy groups -OCH3 is 4. The predicted octanol–water partition coefficient (Wildman–Crippen LogP) is 2.31. The standard InChI is InChI=1S/C24H36N4O7S/c1-32-20-11-9-18(16-22(20)34-3)8-6-13-25-14-7-15-28(24(29)26-27-36(5,30)31)19-10-12-21(33-2)23(17-19)35-4/h9-12,16-17,25,27H,6-8,13-15H2,1-5H3,(H,26,29). The van der Waals surface area contributed by atoms with Crippen molar-refractivity contribution < 1.29 is 32.2 Å². The van der Waals surface area contributed by atoms with Crippen molar-refractivity contribution in [2.45, 2.75) is 19.3 Å². The first kappa shape index (κ1) is 29.0. The number of rotatable bonds is 15. The van der Waals surface area contributed by atoms with Gasteiger partial charge in [-0.2, -0.15) is 0 Å². The Hall–Kier alpha value is -3.22. The van der Waals surface area contributed by atoms with E-state index >= 15 is 0 Å². The SMILES string of the molecule is COc1ccc(CCCNCCCN(C(=O)NNS(C)(=O)=O)c2ccc(OC)c(OC)c2)cc1OC. The van der Waals surface area contributed by atoms with E-state index in [9.17, 15) is 13.2 Å². The number of benzene rings is 2. The molecule has 0 radical (unpaired) electrons. The van der Waals surface area contributed by atoms with Crippen LogP contribution in [0, 0.1) is 0 Å². The Morgan fingerprint density at radius 1 is 0.833 bits per heavy atom. The number of ether oxygens (including phenoxy) is 4. The van der Waals surface area contributed by atoms with E-state index in [1.807, 2.05) is 23.0 Å². The third-order valence-electron chi connectivity index (χ3n) is 5.27. The molecule has 2 rings (SSSR count). The Kier molecular flexibility index (Phi) is 11.6. The first-order valence-electron chi connectivity index (χ1n) is 11.4. The smallest absolute Gasteiger partial charge is 0.337 e. The minimum Gasteiger partial charge on any atom is -0.493 e. The zero-order valence-corrected chi connectivity index (χ0v) is 22.2. The Morgan fingerprint density at radius 3 is 2.03 bits per heavy atom. The number of urea groups is 1. The molecule has 12 heteroatoms. The first-order chi connectivity index (χ1) is 17.2. The number of carbonyl (C=O) groups is 1. The van der Waals surface area contributed by atoms with Gasteiger partial charge in [0.2, 0.25) is 10.0 Å². The van der Waals surface area contributed by atoms with Gasteiger partial charge in [0.1, 0.15) is 0 Å². The summed E-state index contributed by atoms with van der Waals surface area (Å²) in [7, 11) is 2.65. The van der Waals surface area contributed by atoms with Crippen LogP contribution in [0.4, 0.5) is 10.5 Å². The van der Waals surface area contributed by atoms with Crippen molar-refractivity contribution in [1.82, 2.24) is 15.6 Å². The van der Waals surface area contributed by atoms with Crippen LogP contribution < -0.4 is 39.4 Å². The Morgan fingerprint density at radius 2 is 1.42 bits per heavy atom. The van der Waals surface area contributed by atoms with Gasteiger partial charge < -0.3 is 24.3 Å². The van der Waals surface area contributed by atoms with Gasteiger partial charge in [-0.3, -0.25) is 10.3 Å². The molecular weight excluding hydrogens is 488 g/mol. The normalized spacial score (nSPS) is 11.0. The van der Waals surface area contributed by atoms with E-state index in [0.29, 0.717) is 48.2 Å². The van der Waals surface area contributed by atoms with Gasteiger partial charge in [-0.15, -0.1) is 4.83 Å². The van der Waals surface area contributed by atoms with Crippen LogP contribution >= 0.6 is 0 Å². The fraction of sp³-hybridized carbons (Fsp3) is 0.458. The molecule has 0 aromatic heterocycles. The summed E-state index contributed by atoms with van der Waals surface area (Å²) < 4.78 is 44.0. The highest BCUT2D eigenvalue weighted by atomic mass is 32.2. The molecule has 0 saturated carbocycles. The third kappa shape index (κ3) is 9.10. The highest BCUT2D eigenvalue weighted by molar-refractivity contribution is 7.88. The van der Waals surface area contributed by atoms with Crippen LogP contribution in [0.2, 0.25) is 0 Å². The largest absolute Gasteiger partial charge is 0.493 e. The molecule has 0 aliphatic heterocycles. The summed E-state index contributed by atoms with van der Waals surface area (Å²) in [6, 6.07) is 10.3. The molecule has 11 nitrogen and oxygen atoms in total. The summed E-state index contributed by atoms with van der Waals surface area (Å²) in [6.07, 6.45) is 3.40. The molecule has 2 aromatic rings. The number of hydrogen-bond donors (Lipinski definition) is 3. The predicted molar refractivity (Wildman–Crippen MR) is 139 cm³/mol. The van der Waals surface area contributed by atoms with Gasteiger partial charge >= 0.3 is 6.03 Å². The van der Waals surface area contributed by atoms with E-state index in [4.69, 9.17) is 18.9 Å². The fourth-order valence-electron chi connectivity index (χ4n) is 3.49. The molecule has 3 N–H and O–H groups in total. The number of sulfonamides is 1. The van der Waals surface area contributed by atoms with Crippen LogP contribution in [0.3, 0.4) is 0 Å². The molecule has 0 spiro atoms. The second-order valence-corrected chi connectivity index (χ2v) is 9.64. The van der Waals surface area contributed by atoms with Crippen molar-refractivity contribution in [1.29, 1.82) is 0 Å². The quantitative estimate of drug-likeness (QED) is 0.239. The number of amides is 2. The van der Waals surface area contributed by atoms with Gasteiger partial charge in [0.15, 0.2) is 23.0 Å². The van der Waals surface area contributed by atoms with Gasteiger partial charge in [0, 0.05) is 18.3 Å². The minimum absolute atomic E-state index is 0.343. The van der Waals surface area contributed by atoms with Crippen molar-refractivity contribution in [3.63, 3.8) is 0 Å². The summed E-state index contributed by atoms with van der Waals surface area (Å²) >= 11 is 0. The molecule has 0 heterocycles. The number of anilines is 1. The third-order valence-corrected chi connectivity index (χ3v) is 5.74. The molecule has 2 aromatic carbocycles. The van der Waals surface area contributed by atoms with Crippen LogP contribution in [0.25, 0.3) is 0 Å². The van der Waals surface area contributed by atoms with Gasteiger partial charge in [0.25, 0.3) is 0 Å². The average Bonchev–Trinajstić information content (AvgIpc) is 2.87. The maximum absolute atomic E-state index is 12.7. The van der Waals surface area contributed by atoms with E-state index in [1.54, 1.807) is 32.4 Å². The summed E-state index contributed by atoms with van der Waals surface area (Å²) in [5.41, 5.74) is 3.91. The molecule has 36 heavy (non-hydrogen) atoms. The maximum Gasteiger partial charge on any atom is 0.337 e. The fourth-order valence-corrected chi connectivity index (χ4v) is 3.76. The highest BCUT2D eigenvalue weighted by Crippen LogP contribution is 2.31. The number of nitrogens with zero attached hydrogens (tertiary/aromatic N) is 1. The second-order valence-electron chi connectivity index (χ2n) is 7.89. The van der Waals surface area contributed by atoms with Crippen LogP contribution in [0.1, 0.15) is 18.4 Å². The topological polar surface area (TPSA) is 127 Å². The van der Waals surface area contributed by atoms with Crippen molar-refractivity contribution in [2.24, 2.45) is 0 Å². The average molecular weight is 525 g/mol. The molecule has 0 atom stereocenters. The van der Waals surface area contributed by atoms with Gasteiger partial charge in [-0.05, 0) is 62.2 Å². The Labute approximate surface area is 213 Å². The molecule has 0 saturated heterocycles. The van der Waals surface area contributed by atoms with E-state index in [2.05, 4.69) is 10.7 Å². The van der Waals surface area contributed by atoms with Crippen molar-refractivity contribution >= 4 is 21.7 Å². The lowest BCUT2D eigenvalue weighted by atomic mass is 10.1. The van der Waals surface area contributed by atoms with Crippen molar-refractivity contribution in [2.75, 3.05) is 59.2 Å². The molecule has 0 aliphatic carbocycles. The number of hydrazine groups is 1. The molecular formula is C24H36N4O7S. The number of hydrogen-bond acceptors (Lipinski definition) is 8. The van der Waals surface area contributed by atoms with Crippen molar-refractivity contribution in [3.8, 4) is 23.0 Å². The Bertz CT molecular complexity index is 1100. The number of carbonyl (C=O) groups excluding carboxylic acids is 1. The first-order valence-corrected chi connectivity index (χ1v) is 13.3. The second kappa shape index (κ2) is 14.4. The van der Waals surface area contributed by atoms with E-state index < -0.39 is 16.1 Å². The zero-order valence-electron chi connectivity index (χ0n) is 21.4. The summed E-state index contributed by atoms with van der Waals surface area (Å²) in [6.45, 7) is 1.81. The molecule has 0 fully saturated rings. The lowest BCUT2D eigenvalue weighted by Crippen LogP contribution is -2.49. The van der Waals surface area contributed by atoms with Crippen LogP contribution in [0.15, 0.2) is 36.4 Å². The molecule has 2 amide bonds. The Balaban J connectivity index is 1.90. The van der Waals surface area contributed by atoms with Crippen LogP contribution in [-0.4, -0.2) is 68.8 Å². The minimum atomic E-state index is -3.61. The highest BCUT2D eigenvalue weighted by Gasteiger charge is 2.18. The van der Waals surface area contributed by atoms with Gasteiger partial charge in [-0.25, -0.2) is 13.2 Å². The molecule has 0 bridgehead atoms. The van der Waals surface area contributed by atoms with E-state index in [0.717, 1.165) is 31.2 Å². The summed E-state index contributed by atoms with van der Waals surface area (Å²) in [4.78, 5) is 16.2. The number of aryl methyl sites for hydroxylation is 1. The molecule has 0 unspecified atom stereocenters. The van der Waals surface area contributed by atoms with Gasteiger partial charge in [-0.1, -0.05) is 6.07 Å². The lowest BCUT2D eigenvalue weighted by molar-refractivity contribution is 0.244. The summed E-state index contributed by atoms with van der Waals surface area (Å²) in [5, 5.41) is 3.38. The van der Waals surface area contributed by atoms with E-state index in [1.165, 1.54) is 19.1 Å². The monoisotopic (exact) mass is 524 g/mol. The summed E-state index contributed by atoms with van der Waals surface area (Å²) in [5.74, 6) is 2.39.